The van der Waals surface area contributed by atoms with E-state index in [9.17, 15) is 9.59 Å². The van der Waals surface area contributed by atoms with E-state index in [1.54, 1.807) is 6.07 Å². The number of carbonyl (C=O) groups is 1. The van der Waals surface area contributed by atoms with E-state index < -0.39 is 0 Å². The van der Waals surface area contributed by atoms with Crippen LogP contribution in [0.25, 0.3) is 33.2 Å². The van der Waals surface area contributed by atoms with Gasteiger partial charge in [0.2, 0.25) is 5.91 Å². The molecule has 5 aromatic rings. The number of anilines is 1. The molecule has 160 valence electrons. The van der Waals surface area contributed by atoms with Gasteiger partial charge in [0, 0.05) is 22.9 Å². The zero-order chi connectivity index (χ0) is 22.6. The molecule has 1 aromatic heterocycles. The van der Waals surface area contributed by atoms with Crippen LogP contribution in [0.4, 0.5) is 5.69 Å². The second-order valence-electron chi connectivity index (χ2n) is 7.74. The molecule has 0 fully saturated rings. The Hall–Kier alpha value is -4.51. The van der Waals surface area contributed by atoms with Crippen LogP contribution in [0.15, 0.2) is 114 Å². The predicted molar refractivity (Wildman–Crippen MR) is 132 cm³/mol. The molecule has 0 aliphatic carbocycles. The smallest absolute Gasteiger partial charge is 0.267 e. The molecule has 5 rings (SSSR count). The molecule has 1 amide bonds. The van der Waals surface area contributed by atoms with E-state index in [0.29, 0.717) is 11.4 Å². The van der Waals surface area contributed by atoms with Crippen LogP contribution in [0.3, 0.4) is 0 Å². The van der Waals surface area contributed by atoms with Crippen LogP contribution in [0, 0.1) is 0 Å². The Morgan fingerprint density at radius 3 is 2.30 bits per heavy atom. The fourth-order valence-corrected chi connectivity index (χ4v) is 3.85. The van der Waals surface area contributed by atoms with Crippen LogP contribution < -0.4 is 10.9 Å². The van der Waals surface area contributed by atoms with Gasteiger partial charge in [-0.3, -0.25) is 9.59 Å². The zero-order valence-corrected chi connectivity index (χ0v) is 17.8. The maximum atomic E-state index is 12.8. The number of benzene rings is 4. The third-order valence-electron chi connectivity index (χ3n) is 5.49. The zero-order valence-electron chi connectivity index (χ0n) is 17.8. The van der Waals surface area contributed by atoms with Crippen molar-refractivity contribution in [2.45, 2.75) is 6.54 Å². The summed E-state index contributed by atoms with van der Waals surface area (Å²) in [5.74, 6) is -0.316. The number of para-hydroxylation sites is 1. The molecule has 0 spiro atoms. The molecule has 0 saturated carbocycles. The molecular formula is C28H21N3O2. The van der Waals surface area contributed by atoms with E-state index >= 15 is 0 Å². The van der Waals surface area contributed by atoms with E-state index in [1.807, 2.05) is 97.1 Å². The summed E-state index contributed by atoms with van der Waals surface area (Å²) >= 11 is 0. The first kappa shape index (κ1) is 20.4. The quantitative estimate of drug-likeness (QED) is 0.407. The van der Waals surface area contributed by atoms with E-state index in [1.165, 1.54) is 10.7 Å². The third kappa shape index (κ3) is 4.43. The second-order valence-corrected chi connectivity index (χ2v) is 7.74. The first-order valence-electron chi connectivity index (χ1n) is 10.7. The Bertz CT molecular complexity index is 1510. The number of aromatic nitrogens is 2. The molecule has 0 aliphatic rings. The van der Waals surface area contributed by atoms with Gasteiger partial charge in [-0.2, -0.15) is 5.10 Å². The highest BCUT2D eigenvalue weighted by Gasteiger charge is 2.11. The average molecular weight is 431 g/mol. The van der Waals surface area contributed by atoms with Crippen molar-refractivity contribution >= 4 is 22.4 Å². The van der Waals surface area contributed by atoms with Crippen molar-refractivity contribution in [2.75, 3.05) is 5.32 Å². The van der Waals surface area contributed by atoms with E-state index in [0.717, 1.165) is 27.5 Å². The minimum atomic E-state index is -0.328. The van der Waals surface area contributed by atoms with Gasteiger partial charge >= 0.3 is 0 Å². The monoisotopic (exact) mass is 431 g/mol. The lowest BCUT2D eigenvalue weighted by molar-refractivity contribution is -0.117. The van der Waals surface area contributed by atoms with Crippen molar-refractivity contribution in [1.29, 1.82) is 0 Å². The fraction of sp³-hybridized carbons (Fsp3) is 0.0357. The lowest BCUT2D eigenvalue weighted by Gasteiger charge is -2.12. The Morgan fingerprint density at radius 2 is 1.45 bits per heavy atom. The highest BCUT2D eigenvalue weighted by molar-refractivity contribution is 5.95. The van der Waals surface area contributed by atoms with Crippen molar-refractivity contribution in [2.24, 2.45) is 0 Å². The van der Waals surface area contributed by atoms with Gasteiger partial charge in [0.05, 0.1) is 5.69 Å². The van der Waals surface area contributed by atoms with Crippen molar-refractivity contribution in [3.05, 3.63) is 120 Å². The molecule has 1 heterocycles. The first-order chi connectivity index (χ1) is 16.2. The molecule has 5 nitrogen and oxygen atoms in total. The van der Waals surface area contributed by atoms with Crippen molar-refractivity contribution in [3.63, 3.8) is 0 Å². The fourth-order valence-electron chi connectivity index (χ4n) is 3.85. The van der Waals surface area contributed by atoms with Gasteiger partial charge in [-0.25, -0.2) is 4.68 Å². The highest BCUT2D eigenvalue weighted by atomic mass is 16.2. The molecule has 0 bridgehead atoms. The Morgan fingerprint density at radius 1 is 0.727 bits per heavy atom. The number of nitrogens with zero attached hydrogens (tertiary/aromatic N) is 2. The summed E-state index contributed by atoms with van der Waals surface area (Å²) in [6, 6.07) is 34.7. The summed E-state index contributed by atoms with van der Waals surface area (Å²) in [5.41, 5.74) is 3.80. The summed E-state index contributed by atoms with van der Waals surface area (Å²) in [5, 5.41) is 9.60. The normalized spacial score (nSPS) is 10.8. The topological polar surface area (TPSA) is 64.0 Å². The maximum absolute atomic E-state index is 12.8. The van der Waals surface area contributed by atoms with Crippen LogP contribution in [0.1, 0.15) is 0 Å². The van der Waals surface area contributed by atoms with E-state index in [2.05, 4.69) is 10.4 Å². The van der Waals surface area contributed by atoms with Crippen LogP contribution in [0.2, 0.25) is 0 Å². The van der Waals surface area contributed by atoms with Crippen molar-refractivity contribution in [3.8, 4) is 22.4 Å². The summed E-state index contributed by atoms with van der Waals surface area (Å²) in [6.45, 7) is -0.177. The molecule has 0 atom stereocenters. The third-order valence-corrected chi connectivity index (χ3v) is 5.49. The number of hydrogen-bond acceptors (Lipinski definition) is 3. The number of nitrogens with one attached hydrogen (secondary N) is 1. The van der Waals surface area contributed by atoms with Gasteiger partial charge in [-0.1, -0.05) is 84.9 Å². The number of rotatable bonds is 5. The van der Waals surface area contributed by atoms with Gasteiger partial charge in [0.1, 0.15) is 6.54 Å². The van der Waals surface area contributed by atoms with Crippen LogP contribution >= 0.6 is 0 Å². The van der Waals surface area contributed by atoms with Crippen LogP contribution in [-0.2, 0) is 11.3 Å². The average Bonchev–Trinajstić information content (AvgIpc) is 2.86. The Labute approximate surface area is 191 Å². The minimum absolute atomic E-state index is 0.177. The van der Waals surface area contributed by atoms with Crippen molar-refractivity contribution in [1.82, 2.24) is 9.78 Å². The van der Waals surface area contributed by atoms with Gasteiger partial charge in [-0.15, -0.1) is 0 Å². The first-order valence-corrected chi connectivity index (χ1v) is 10.7. The molecular weight excluding hydrogens is 410 g/mol. The molecule has 0 aliphatic heterocycles. The summed E-state index contributed by atoms with van der Waals surface area (Å²) in [7, 11) is 0. The van der Waals surface area contributed by atoms with Gasteiger partial charge < -0.3 is 5.32 Å². The minimum Gasteiger partial charge on any atom is -0.324 e. The maximum Gasteiger partial charge on any atom is 0.267 e. The van der Waals surface area contributed by atoms with E-state index in [4.69, 9.17) is 0 Å². The number of hydrogen-bond donors (Lipinski definition) is 1. The largest absolute Gasteiger partial charge is 0.324 e. The van der Waals surface area contributed by atoms with E-state index in [-0.39, 0.29) is 18.0 Å². The second kappa shape index (κ2) is 8.93. The summed E-state index contributed by atoms with van der Waals surface area (Å²) in [6.07, 6.45) is 0. The SMILES string of the molecule is O=C(Cn1nc(-c2ccc3ccccc3c2)ccc1=O)Nc1ccccc1-c1ccccc1. The molecule has 0 unspecified atom stereocenters. The van der Waals surface area contributed by atoms with Gasteiger partial charge in [0.25, 0.3) is 5.56 Å². The summed E-state index contributed by atoms with van der Waals surface area (Å²) < 4.78 is 1.20. The Balaban J connectivity index is 1.40. The molecule has 0 radical (unpaired) electrons. The lowest BCUT2D eigenvalue weighted by atomic mass is 10.0. The summed E-state index contributed by atoms with van der Waals surface area (Å²) in [4.78, 5) is 25.2. The predicted octanol–water partition coefficient (Wildman–Crippen LogP) is 5.37. The van der Waals surface area contributed by atoms with Crippen molar-refractivity contribution < 1.29 is 4.79 Å². The molecule has 4 aromatic carbocycles. The molecule has 33 heavy (non-hydrogen) atoms. The number of carbonyl (C=O) groups excluding carboxylic acids is 1. The molecule has 1 N–H and O–H groups in total. The standard InChI is InChI=1S/C28H21N3O2/c32-27(29-26-13-7-6-12-24(26)21-9-2-1-3-10-21)19-31-28(33)17-16-25(30-31)23-15-14-20-8-4-5-11-22(20)18-23/h1-18H,19H2,(H,29,32). The molecule has 0 saturated heterocycles. The lowest BCUT2D eigenvalue weighted by Crippen LogP contribution is -2.29. The Kier molecular flexibility index (Phi) is 5.52. The van der Waals surface area contributed by atoms with Gasteiger partial charge in [-0.05, 0) is 34.5 Å². The van der Waals surface area contributed by atoms with Crippen LogP contribution in [0.5, 0.6) is 0 Å². The number of amides is 1. The highest BCUT2D eigenvalue weighted by Crippen LogP contribution is 2.27. The van der Waals surface area contributed by atoms with Crippen LogP contribution in [-0.4, -0.2) is 15.7 Å². The molecule has 5 heteroatoms. The van der Waals surface area contributed by atoms with Gasteiger partial charge in [0.15, 0.2) is 0 Å². The number of fused-ring (bicyclic) bond motifs is 1.